The number of nitrogens with two attached hydrogens (primary N) is 1. The summed E-state index contributed by atoms with van der Waals surface area (Å²) in [5.41, 5.74) is 8.99. The Morgan fingerprint density at radius 2 is 2.00 bits per heavy atom. The van der Waals surface area contributed by atoms with E-state index in [2.05, 4.69) is 22.5 Å². The molecule has 3 heteroatoms. The number of rotatable bonds is 1. The van der Waals surface area contributed by atoms with Gasteiger partial charge in [0.1, 0.15) is 5.82 Å². The van der Waals surface area contributed by atoms with Gasteiger partial charge in [0.05, 0.1) is 11.0 Å². The maximum absolute atomic E-state index is 5.89. The lowest BCUT2D eigenvalue weighted by molar-refractivity contribution is 0.355. The predicted octanol–water partition coefficient (Wildman–Crippen LogP) is 3.43. The first-order valence-electron chi connectivity index (χ1n) is 6.50. The van der Waals surface area contributed by atoms with Crippen molar-refractivity contribution in [3.8, 4) is 0 Å². The molecule has 2 N–H and O–H groups in total. The van der Waals surface area contributed by atoms with E-state index in [1.54, 1.807) is 0 Å². The molecule has 90 valence electrons. The summed E-state index contributed by atoms with van der Waals surface area (Å²) in [5, 5.41) is 0. The number of imidazole rings is 1. The number of hydrogen-bond donors (Lipinski definition) is 1. The minimum absolute atomic E-state index is 0.621. The van der Waals surface area contributed by atoms with Crippen molar-refractivity contribution in [2.75, 3.05) is 5.73 Å². The first kappa shape index (κ1) is 10.6. The number of aryl methyl sites for hydroxylation is 1. The van der Waals surface area contributed by atoms with Crippen molar-refractivity contribution in [2.24, 2.45) is 0 Å². The summed E-state index contributed by atoms with van der Waals surface area (Å²) in [6, 6.07) is 6.64. The fraction of sp³-hybridized carbons (Fsp3) is 0.500. The summed E-state index contributed by atoms with van der Waals surface area (Å²) < 4.78 is 2.39. The molecule has 1 aromatic carbocycles. The molecule has 0 bridgehead atoms. The maximum atomic E-state index is 5.89. The van der Waals surface area contributed by atoms with Crippen molar-refractivity contribution < 1.29 is 0 Å². The highest BCUT2D eigenvalue weighted by molar-refractivity contribution is 5.79. The van der Waals surface area contributed by atoms with E-state index < -0.39 is 0 Å². The fourth-order valence-electron chi connectivity index (χ4n) is 3.03. The van der Waals surface area contributed by atoms with Crippen LogP contribution in [0.2, 0.25) is 0 Å². The zero-order valence-corrected chi connectivity index (χ0v) is 10.3. The average molecular weight is 229 g/mol. The molecule has 2 aromatic rings. The third-order valence-corrected chi connectivity index (χ3v) is 3.83. The van der Waals surface area contributed by atoms with E-state index in [9.17, 15) is 0 Å². The van der Waals surface area contributed by atoms with Crippen molar-refractivity contribution >= 4 is 16.7 Å². The van der Waals surface area contributed by atoms with Gasteiger partial charge in [-0.2, -0.15) is 0 Å². The van der Waals surface area contributed by atoms with E-state index in [-0.39, 0.29) is 0 Å². The molecule has 0 radical (unpaired) electrons. The van der Waals surface area contributed by atoms with E-state index in [1.807, 2.05) is 12.1 Å². The standard InChI is InChI=1S/C14H19N3/c1-10-16-13-8-7-11(15)9-14(13)17(10)12-5-3-2-4-6-12/h7-9,12H,2-6,15H2,1H3. The van der Waals surface area contributed by atoms with Gasteiger partial charge in [-0.3, -0.25) is 0 Å². The van der Waals surface area contributed by atoms with Gasteiger partial charge in [-0.1, -0.05) is 19.3 Å². The Bertz CT molecular complexity index is 536. The average Bonchev–Trinajstić information content (AvgIpc) is 2.65. The molecule has 1 saturated carbocycles. The molecular weight excluding hydrogens is 210 g/mol. The third kappa shape index (κ3) is 1.79. The lowest BCUT2D eigenvalue weighted by atomic mass is 9.95. The van der Waals surface area contributed by atoms with Crippen LogP contribution in [-0.4, -0.2) is 9.55 Å². The van der Waals surface area contributed by atoms with Crippen LogP contribution in [0.1, 0.15) is 44.0 Å². The van der Waals surface area contributed by atoms with Crippen molar-refractivity contribution in [2.45, 2.75) is 45.1 Å². The molecule has 0 spiro atoms. The second-order valence-electron chi connectivity index (χ2n) is 5.07. The highest BCUT2D eigenvalue weighted by Crippen LogP contribution is 2.32. The largest absolute Gasteiger partial charge is 0.399 e. The van der Waals surface area contributed by atoms with Crippen LogP contribution in [0.25, 0.3) is 11.0 Å². The van der Waals surface area contributed by atoms with Gasteiger partial charge in [-0.05, 0) is 38.0 Å². The van der Waals surface area contributed by atoms with E-state index in [0.717, 1.165) is 17.0 Å². The summed E-state index contributed by atoms with van der Waals surface area (Å²) in [6.07, 6.45) is 6.62. The van der Waals surface area contributed by atoms with E-state index >= 15 is 0 Å². The summed E-state index contributed by atoms with van der Waals surface area (Å²) in [5.74, 6) is 1.12. The van der Waals surface area contributed by atoms with Gasteiger partial charge >= 0.3 is 0 Å². The first-order chi connectivity index (χ1) is 8.25. The lowest BCUT2D eigenvalue weighted by Crippen LogP contribution is -2.14. The predicted molar refractivity (Wildman–Crippen MR) is 71.0 cm³/mol. The number of fused-ring (bicyclic) bond motifs is 1. The monoisotopic (exact) mass is 229 g/mol. The number of anilines is 1. The Labute approximate surface area is 102 Å². The van der Waals surface area contributed by atoms with Gasteiger partial charge < -0.3 is 10.3 Å². The molecule has 17 heavy (non-hydrogen) atoms. The minimum Gasteiger partial charge on any atom is -0.399 e. The van der Waals surface area contributed by atoms with Gasteiger partial charge in [0.2, 0.25) is 0 Å². The van der Waals surface area contributed by atoms with Crippen LogP contribution in [0.3, 0.4) is 0 Å². The maximum Gasteiger partial charge on any atom is 0.106 e. The molecule has 0 saturated heterocycles. The quantitative estimate of drug-likeness (QED) is 0.761. The molecule has 0 aliphatic heterocycles. The van der Waals surface area contributed by atoms with Gasteiger partial charge in [0.15, 0.2) is 0 Å². The molecule has 3 nitrogen and oxygen atoms in total. The van der Waals surface area contributed by atoms with E-state index in [0.29, 0.717) is 6.04 Å². The SMILES string of the molecule is Cc1nc2ccc(N)cc2n1C1CCCCC1. The molecule has 1 fully saturated rings. The number of aromatic nitrogens is 2. The number of hydrogen-bond acceptors (Lipinski definition) is 2. The Morgan fingerprint density at radius 1 is 1.24 bits per heavy atom. The Kier molecular flexibility index (Phi) is 2.54. The Hall–Kier alpha value is -1.51. The molecule has 1 aliphatic rings. The van der Waals surface area contributed by atoms with Crippen LogP contribution in [0, 0.1) is 6.92 Å². The topological polar surface area (TPSA) is 43.8 Å². The van der Waals surface area contributed by atoms with Crippen molar-refractivity contribution in [3.63, 3.8) is 0 Å². The zero-order chi connectivity index (χ0) is 11.8. The second kappa shape index (κ2) is 4.06. The van der Waals surface area contributed by atoms with Gasteiger partial charge in [-0.25, -0.2) is 4.98 Å². The molecule has 0 amide bonds. The summed E-state index contributed by atoms with van der Waals surface area (Å²) in [4.78, 5) is 4.64. The Morgan fingerprint density at radius 3 is 2.76 bits per heavy atom. The molecule has 0 atom stereocenters. The van der Waals surface area contributed by atoms with E-state index in [4.69, 9.17) is 5.73 Å². The van der Waals surface area contributed by atoms with Gasteiger partial charge in [-0.15, -0.1) is 0 Å². The highest BCUT2D eigenvalue weighted by atomic mass is 15.1. The minimum atomic E-state index is 0.621. The zero-order valence-electron chi connectivity index (χ0n) is 10.3. The highest BCUT2D eigenvalue weighted by Gasteiger charge is 2.19. The van der Waals surface area contributed by atoms with Crippen LogP contribution >= 0.6 is 0 Å². The van der Waals surface area contributed by atoms with Crippen molar-refractivity contribution in [1.82, 2.24) is 9.55 Å². The van der Waals surface area contributed by atoms with Crippen LogP contribution in [0.4, 0.5) is 5.69 Å². The molecule has 1 aliphatic carbocycles. The normalized spacial score (nSPS) is 17.7. The molecule has 1 heterocycles. The smallest absolute Gasteiger partial charge is 0.106 e. The molecule has 1 aromatic heterocycles. The van der Waals surface area contributed by atoms with Gasteiger partial charge in [0.25, 0.3) is 0 Å². The first-order valence-corrected chi connectivity index (χ1v) is 6.50. The summed E-state index contributed by atoms with van der Waals surface area (Å²) >= 11 is 0. The molecule has 3 rings (SSSR count). The van der Waals surface area contributed by atoms with Crippen LogP contribution in [-0.2, 0) is 0 Å². The van der Waals surface area contributed by atoms with Crippen molar-refractivity contribution in [1.29, 1.82) is 0 Å². The lowest BCUT2D eigenvalue weighted by Gasteiger charge is -2.25. The molecular formula is C14H19N3. The summed E-state index contributed by atoms with van der Waals surface area (Å²) in [7, 11) is 0. The van der Waals surface area contributed by atoms with Gasteiger partial charge in [0, 0.05) is 11.7 Å². The van der Waals surface area contributed by atoms with Crippen LogP contribution in [0.5, 0.6) is 0 Å². The number of benzene rings is 1. The second-order valence-corrected chi connectivity index (χ2v) is 5.07. The van der Waals surface area contributed by atoms with Crippen LogP contribution in [0.15, 0.2) is 18.2 Å². The third-order valence-electron chi connectivity index (χ3n) is 3.83. The number of nitrogens with zero attached hydrogens (tertiary/aromatic N) is 2. The molecule has 0 unspecified atom stereocenters. The summed E-state index contributed by atoms with van der Waals surface area (Å²) in [6.45, 7) is 2.10. The van der Waals surface area contributed by atoms with Crippen LogP contribution < -0.4 is 5.73 Å². The van der Waals surface area contributed by atoms with Crippen molar-refractivity contribution in [3.05, 3.63) is 24.0 Å². The fourth-order valence-corrected chi connectivity index (χ4v) is 3.03. The van der Waals surface area contributed by atoms with E-state index in [1.165, 1.54) is 37.6 Å². The Balaban J connectivity index is 2.13. The number of nitrogen functional groups attached to an aromatic ring is 1.